The molecule has 2 aliphatic rings. The first kappa shape index (κ1) is 28.6. The number of aliphatic imine (C=N–C) groups is 1. The molecule has 2 aliphatic heterocycles. The summed E-state index contributed by atoms with van der Waals surface area (Å²) >= 11 is 0. The van der Waals surface area contributed by atoms with Gasteiger partial charge in [0.05, 0.1) is 19.0 Å². The summed E-state index contributed by atoms with van der Waals surface area (Å²) in [6, 6.07) is 0.941. The number of halogens is 3. The van der Waals surface area contributed by atoms with Crippen molar-refractivity contribution in [2.75, 3.05) is 37.7 Å². The summed E-state index contributed by atoms with van der Waals surface area (Å²) in [7, 11) is 0. The Morgan fingerprint density at radius 1 is 1.10 bits per heavy atom. The van der Waals surface area contributed by atoms with Gasteiger partial charge in [-0.1, -0.05) is 13.8 Å². The monoisotopic (exact) mass is 547 g/mol. The summed E-state index contributed by atoms with van der Waals surface area (Å²) in [5, 5.41) is 0. The predicted octanol–water partition coefficient (Wildman–Crippen LogP) is 3.19. The number of aromatic nitrogens is 2. The van der Waals surface area contributed by atoms with E-state index >= 15 is 0 Å². The third-order valence-electron chi connectivity index (χ3n) is 7.38. The maximum atomic E-state index is 14.3. The van der Waals surface area contributed by atoms with Crippen molar-refractivity contribution in [3.63, 3.8) is 0 Å². The third kappa shape index (κ3) is 7.17. The quantitative estimate of drug-likeness (QED) is 0.224. The molecule has 39 heavy (non-hydrogen) atoms. The van der Waals surface area contributed by atoms with Gasteiger partial charge in [-0.05, 0) is 43.2 Å². The van der Waals surface area contributed by atoms with E-state index in [1.165, 1.54) is 0 Å². The van der Waals surface area contributed by atoms with Gasteiger partial charge < -0.3 is 26.0 Å². The Labute approximate surface area is 226 Å². The number of piperidine rings is 1. The molecule has 0 spiro atoms. The van der Waals surface area contributed by atoms with Crippen molar-refractivity contribution in [2.24, 2.45) is 28.3 Å². The molecule has 2 fully saturated rings. The van der Waals surface area contributed by atoms with Crippen molar-refractivity contribution >= 4 is 17.8 Å². The molecule has 9 nitrogen and oxygen atoms in total. The number of likely N-dealkylation sites (tertiary alicyclic amines) is 1. The molecular weight excluding hydrogens is 511 g/mol. The van der Waals surface area contributed by atoms with Crippen molar-refractivity contribution in [3.05, 3.63) is 47.5 Å². The number of carbonyl (C=O) groups is 1. The van der Waals surface area contributed by atoms with Gasteiger partial charge >= 0.3 is 0 Å². The first-order valence-corrected chi connectivity index (χ1v) is 13.3. The zero-order valence-electron chi connectivity index (χ0n) is 22.3. The van der Waals surface area contributed by atoms with E-state index < -0.39 is 29.4 Å². The minimum atomic E-state index is -1.23. The molecule has 4 N–H and O–H groups in total. The fourth-order valence-electron chi connectivity index (χ4n) is 5.02. The van der Waals surface area contributed by atoms with Gasteiger partial charge in [-0.25, -0.2) is 23.1 Å². The van der Waals surface area contributed by atoms with Crippen LogP contribution < -0.4 is 21.1 Å². The highest BCUT2D eigenvalue weighted by atomic mass is 19.2. The summed E-state index contributed by atoms with van der Waals surface area (Å²) in [4.78, 5) is 28.3. The van der Waals surface area contributed by atoms with E-state index in [2.05, 4.69) is 15.0 Å². The Kier molecular flexibility index (Phi) is 9.26. The number of rotatable bonds is 8. The second kappa shape index (κ2) is 12.6. The van der Waals surface area contributed by atoms with E-state index in [4.69, 9.17) is 16.2 Å². The smallest absolute Gasteiger partial charge is 0.251 e. The van der Waals surface area contributed by atoms with Gasteiger partial charge in [0.15, 0.2) is 23.3 Å². The molecule has 1 amide bonds. The largest absolute Gasteiger partial charge is 0.490 e. The van der Waals surface area contributed by atoms with Crippen LogP contribution in [-0.2, 0) is 4.79 Å². The van der Waals surface area contributed by atoms with Crippen LogP contribution in [0.4, 0.5) is 19.1 Å². The number of nitrogens with two attached hydrogens (primary N) is 2. The Balaban J connectivity index is 1.20. The highest BCUT2D eigenvalue weighted by Gasteiger charge is 2.35. The number of hydrogen-bond acceptors (Lipinski definition) is 6. The topological polar surface area (TPSA) is 123 Å². The van der Waals surface area contributed by atoms with Crippen LogP contribution in [0.3, 0.4) is 0 Å². The van der Waals surface area contributed by atoms with Crippen molar-refractivity contribution < 1.29 is 22.7 Å². The zero-order valence-corrected chi connectivity index (χ0v) is 22.3. The molecule has 3 heterocycles. The third-order valence-corrected chi connectivity index (χ3v) is 7.38. The lowest BCUT2D eigenvalue weighted by atomic mass is 9.92. The van der Waals surface area contributed by atoms with Gasteiger partial charge in [-0.3, -0.25) is 4.79 Å². The number of ether oxygens (including phenoxy) is 1. The summed E-state index contributed by atoms with van der Waals surface area (Å²) in [6.07, 6.45) is 7.03. The SMILES string of the molecule is CC(C)C(=O)N=C(N)N1CCC(CCCOc2cnc(N3CC(N)C(c4cc(F)c(F)cc4F)C3)nc2)CC1. The minimum absolute atomic E-state index is 0.0485. The van der Waals surface area contributed by atoms with Gasteiger partial charge in [0.25, 0.3) is 5.91 Å². The van der Waals surface area contributed by atoms with E-state index in [1.54, 1.807) is 31.1 Å². The van der Waals surface area contributed by atoms with Gasteiger partial charge in [-0.15, -0.1) is 0 Å². The maximum absolute atomic E-state index is 14.3. The van der Waals surface area contributed by atoms with Gasteiger partial charge in [-0.2, -0.15) is 4.99 Å². The summed E-state index contributed by atoms with van der Waals surface area (Å²) in [5.41, 5.74) is 12.2. The lowest BCUT2D eigenvalue weighted by molar-refractivity contribution is -0.120. The maximum Gasteiger partial charge on any atom is 0.251 e. The molecule has 212 valence electrons. The molecule has 2 aromatic rings. The van der Waals surface area contributed by atoms with Crippen molar-refractivity contribution in [2.45, 2.75) is 51.5 Å². The second-order valence-electron chi connectivity index (χ2n) is 10.6. The summed E-state index contributed by atoms with van der Waals surface area (Å²) in [6.45, 7) is 6.34. The van der Waals surface area contributed by atoms with E-state index in [0.29, 0.717) is 42.8 Å². The number of guanidine groups is 1. The highest BCUT2D eigenvalue weighted by molar-refractivity contribution is 5.93. The molecule has 0 bridgehead atoms. The number of hydrogen-bond donors (Lipinski definition) is 2. The van der Waals surface area contributed by atoms with Crippen molar-refractivity contribution in [3.8, 4) is 5.75 Å². The Bertz CT molecular complexity index is 1170. The van der Waals surface area contributed by atoms with Gasteiger partial charge in [0, 0.05) is 50.1 Å². The lowest BCUT2D eigenvalue weighted by Gasteiger charge is -2.32. The Hall–Kier alpha value is -3.41. The fraction of sp³-hybridized carbons (Fsp3) is 0.556. The number of nitrogens with zero attached hydrogens (tertiary/aromatic N) is 5. The van der Waals surface area contributed by atoms with Crippen molar-refractivity contribution in [1.82, 2.24) is 14.9 Å². The van der Waals surface area contributed by atoms with Gasteiger partial charge in [0.1, 0.15) is 5.82 Å². The van der Waals surface area contributed by atoms with E-state index in [-0.39, 0.29) is 23.9 Å². The molecule has 1 aromatic heterocycles. The van der Waals surface area contributed by atoms with Crippen LogP contribution in [0.2, 0.25) is 0 Å². The van der Waals surface area contributed by atoms with Crippen LogP contribution >= 0.6 is 0 Å². The van der Waals surface area contributed by atoms with Crippen molar-refractivity contribution in [1.29, 1.82) is 0 Å². The lowest BCUT2D eigenvalue weighted by Crippen LogP contribution is -2.43. The van der Waals surface area contributed by atoms with Crippen LogP contribution in [0.5, 0.6) is 5.75 Å². The van der Waals surface area contributed by atoms with Crippen LogP contribution in [0.1, 0.15) is 51.0 Å². The number of carbonyl (C=O) groups excluding carboxylic acids is 1. The summed E-state index contributed by atoms with van der Waals surface area (Å²) in [5.74, 6) is -2.21. The Morgan fingerprint density at radius 3 is 2.44 bits per heavy atom. The molecule has 2 saturated heterocycles. The number of anilines is 1. The average Bonchev–Trinajstić information content (AvgIpc) is 3.30. The van der Waals surface area contributed by atoms with E-state index in [1.807, 2.05) is 4.90 Å². The molecule has 0 aliphatic carbocycles. The number of amides is 1. The highest BCUT2D eigenvalue weighted by Crippen LogP contribution is 2.31. The van der Waals surface area contributed by atoms with E-state index in [0.717, 1.165) is 44.8 Å². The normalized spacial score (nSPS) is 20.6. The summed E-state index contributed by atoms with van der Waals surface area (Å²) < 4.78 is 47.1. The first-order valence-electron chi connectivity index (χ1n) is 13.3. The first-order chi connectivity index (χ1) is 18.6. The molecule has 12 heteroatoms. The number of benzene rings is 1. The molecule has 2 unspecified atom stereocenters. The standard InChI is InChI=1S/C27H36F3N7O2/c1-16(2)25(38)35-26(32)36-7-5-17(6-8-36)4-3-9-39-18-12-33-27(34-13-18)37-14-20(24(31)15-37)19-10-22(29)23(30)11-21(19)28/h10-13,16-17,20,24H,3-9,14-15,31H2,1-2H3,(H2,32,35,38). The van der Waals surface area contributed by atoms with Crippen LogP contribution in [0, 0.1) is 29.3 Å². The molecule has 1 aromatic carbocycles. The average molecular weight is 548 g/mol. The molecule has 4 rings (SSSR count). The molecule has 2 atom stereocenters. The molecule has 0 radical (unpaired) electrons. The van der Waals surface area contributed by atoms with Gasteiger partial charge in [0.2, 0.25) is 5.95 Å². The van der Waals surface area contributed by atoms with Crippen LogP contribution in [0.25, 0.3) is 0 Å². The minimum Gasteiger partial charge on any atom is -0.490 e. The molecule has 0 saturated carbocycles. The van der Waals surface area contributed by atoms with Crippen LogP contribution in [0.15, 0.2) is 29.5 Å². The fourth-order valence-corrected chi connectivity index (χ4v) is 5.02. The van der Waals surface area contributed by atoms with E-state index in [9.17, 15) is 18.0 Å². The predicted molar refractivity (Wildman–Crippen MR) is 142 cm³/mol. The van der Waals surface area contributed by atoms with Crippen LogP contribution in [-0.4, -0.2) is 65.6 Å². The zero-order chi connectivity index (χ0) is 28.1. The molecular formula is C27H36F3N7O2. The second-order valence-corrected chi connectivity index (χ2v) is 10.6. The Morgan fingerprint density at radius 2 is 1.77 bits per heavy atom.